The highest BCUT2D eigenvalue weighted by atomic mass is 32.1. The zero-order valence-corrected chi connectivity index (χ0v) is 21.0. The molecule has 0 amide bonds. The van der Waals surface area contributed by atoms with E-state index in [1.807, 2.05) is 6.07 Å². The summed E-state index contributed by atoms with van der Waals surface area (Å²) in [7, 11) is 2.14. The van der Waals surface area contributed by atoms with Gasteiger partial charge < -0.3 is 15.0 Å². The number of anilines is 1. The van der Waals surface area contributed by atoms with Crippen molar-refractivity contribution in [3.05, 3.63) is 39.6 Å². The molecule has 2 N–H and O–H groups in total. The number of nitriles is 1. The summed E-state index contributed by atoms with van der Waals surface area (Å²) in [4.78, 5) is 12.7. The third kappa shape index (κ3) is 3.54. The molecule has 8 nitrogen and oxygen atoms in total. The van der Waals surface area contributed by atoms with E-state index in [4.69, 9.17) is 20.0 Å². The highest BCUT2D eigenvalue weighted by Crippen LogP contribution is 2.55. The number of hydrogen-bond acceptors (Lipinski definition) is 9. The van der Waals surface area contributed by atoms with E-state index in [1.165, 1.54) is 11.3 Å². The first kappa shape index (κ1) is 22.5. The van der Waals surface area contributed by atoms with E-state index < -0.39 is 0 Å². The van der Waals surface area contributed by atoms with Crippen molar-refractivity contribution in [3.8, 4) is 23.5 Å². The van der Waals surface area contributed by atoms with Crippen molar-refractivity contribution >= 4 is 16.3 Å². The van der Waals surface area contributed by atoms with Crippen LogP contribution in [0.15, 0.2) is 16.8 Å². The van der Waals surface area contributed by atoms with Crippen molar-refractivity contribution in [3.63, 3.8) is 0 Å². The summed E-state index contributed by atoms with van der Waals surface area (Å²) < 4.78 is 12.3. The van der Waals surface area contributed by atoms with Gasteiger partial charge in [-0.25, -0.2) is 4.98 Å². The van der Waals surface area contributed by atoms with Crippen LogP contribution < -0.4 is 10.5 Å². The lowest BCUT2D eigenvalue weighted by Gasteiger charge is -2.39. The van der Waals surface area contributed by atoms with Crippen LogP contribution in [-0.2, 0) is 18.3 Å². The van der Waals surface area contributed by atoms with Gasteiger partial charge in [-0.3, -0.25) is 4.90 Å². The number of nitrogens with two attached hydrogens (primary N) is 1. The third-order valence-corrected chi connectivity index (χ3v) is 9.22. The number of hydrogen-bond donors (Lipinski definition) is 1. The van der Waals surface area contributed by atoms with Gasteiger partial charge in [0.1, 0.15) is 22.9 Å². The molecular formula is C26H30N6O2S. The number of ether oxygens (including phenoxy) is 1. The molecule has 2 aliphatic carbocycles. The lowest BCUT2D eigenvalue weighted by Crippen LogP contribution is -2.38. The molecular weight excluding hydrogens is 460 g/mol. The largest absolute Gasteiger partial charge is 0.459 e. The number of aryl methyl sites for hydroxylation is 1. The summed E-state index contributed by atoms with van der Waals surface area (Å²) in [6.07, 6.45) is 9.81. The summed E-state index contributed by atoms with van der Waals surface area (Å²) >= 11 is 1.56. The minimum Gasteiger partial charge on any atom is -0.459 e. The maximum Gasteiger partial charge on any atom is 0.317 e. The second-order valence-corrected chi connectivity index (χ2v) is 11.3. The molecule has 3 aromatic rings. The second kappa shape index (κ2) is 8.61. The van der Waals surface area contributed by atoms with Gasteiger partial charge in [-0.2, -0.15) is 10.2 Å². The first-order valence-electron chi connectivity index (χ1n) is 12.5. The highest BCUT2D eigenvalue weighted by Gasteiger charge is 2.48. The third-order valence-electron chi connectivity index (χ3n) is 8.15. The van der Waals surface area contributed by atoms with E-state index in [1.54, 1.807) is 17.5 Å². The predicted molar refractivity (Wildman–Crippen MR) is 133 cm³/mol. The van der Waals surface area contributed by atoms with Crippen LogP contribution in [-0.4, -0.2) is 45.8 Å². The Kier molecular flexibility index (Phi) is 5.53. The van der Waals surface area contributed by atoms with Crippen LogP contribution in [0.4, 0.5) is 5.00 Å². The fourth-order valence-corrected chi connectivity index (χ4v) is 7.71. The van der Waals surface area contributed by atoms with Crippen molar-refractivity contribution < 1.29 is 9.26 Å². The van der Waals surface area contributed by atoms with Gasteiger partial charge in [0.05, 0.1) is 16.7 Å². The SMILES string of the molecule is C[C@H](Oc1nccc(-c2noc3c2CCC[C@@]32CCCc3sc(N)c(C#N)c32)n1)[C@@H]1CCCN1C. The van der Waals surface area contributed by atoms with Crippen LogP contribution in [0.3, 0.4) is 0 Å². The van der Waals surface area contributed by atoms with Crippen molar-refractivity contribution in [1.29, 1.82) is 5.26 Å². The van der Waals surface area contributed by atoms with E-state index in [0.717, 1.165) is 74.1 Å². The smallest absolute Gasteiger partial charge is 0.317 e. The first-order chi connectivity index (χ1) is 17.0. The van der Waals surface area contributed by atoms with Crippen LogP contribution in [0, 0.1) is 11.3 Å². The van der Waals surface area contributed by atoms with Gasteiger partial charge in [-0.05, 0) is 83.5 Å². The Morgan fingerprint density at radius 3 is 2.91 bits per heavy atom. The fraction of sp³-hybridized carbons (Fsp3) is 0.538. The Bertz CT molecular complexity index is 1310. The molecule has 0 unspecified atom stereocenters. The molecule has 1 fully saturated rings. The lowest BCUT2D eigenvalue weighted by molar-refractivity contribution is 0.112. The van der Waals surface area contributed by atoms with Crippen LogP contribution in [0.25, 0.3) is 11.4 Å². The minimum atomic E-state index is -0.334. The zero-order chi connectivity index (χ0) is 24.2. The molecule has 9 heteroatoms. The maximum atomic E-state index is 9.90. The standard InChI is InChI=1S/C26H30N6O2S/c1-15(19-7-5-13-32(19)2)33-25-29-12-9-18(30-25)22-16-6-3-10-26(23(16)34-31-22)11-4-8-20-21(26)17(14-27)24(28)35-20/h9,12,15,19H,3-8,10-11,13,28H2,1-2H3/t15-,19-,26-/m0/s1. The minimum absolute atomic E-state index is 0.00125. The molecule has 1 saturated heterocycles. The average molecular weight is 491 g/mol. The molecule has 6 rings (SSSR count). The normalized spacial score (nSPS) is 24.7. The number of likely N-dealkylation sites (tertiary alicyclic amines) is 1. The van der Waals surface area contributed by atoms with Gasteiger partial charge in [0.15, 0.2) is 5.76 Å². The Balaban J connectivity index is 1.36. The van der Waals surface area contributed by atoms with Crippen LogP contribution in [0.5, 0.6) is 6.01 Å². The number of likely N-dealkylation sites (N-methyl/N-ethyl adjacent to an activating group) is 1. The van der Waals surface area contributed by atoms with Gasteiger partial charge in [-0.1, -0.05) is 5.16 Å². The Morgan fingerprint density at radius 2 is 2.14 bits per heavy atom. The van der Waals surface area contributed by atoms with Crippen LogP contribution >= 0.6 is 11.3 Å². The second-order valence-electron chi connectivity index (χ2n) is 10.1. The summed E-state index contributed by atoms with van der Waals surface area (Å²) in [6, 6.07) is 4.99. The summed E-state index contributed by atoms with van der Waals surface area (Å²) in [5.74, 6) is 0.885. The Morgan fingerprint density at radius 1 is 1.31 bits per heavy atom. The molecule has 182 valence electrons. The molecule has 3 aromatic heterocycles. The molecule has 0 radical (unpaired) electrons. The molecule has 1 spiro atoms. The quantitative estimate of drug-likeness (QED) is 0.570. The molecule has 4 heterocycles. The van der Waals surface area contributed by atoms with Crippen LogP contribution in [0.2, 0.25) is 0 Å². The number of aromatic nitrogens is 3. The Labute approximate surface area is 209 Å². The number of nitrogens with zero attached hydrogens (tertiary/aromatic N) is 5. The van der Waals surface area contributed by atoms with Gasteiger partial charge in [0, 0.05) is 22.7 Å². The Hall–Kier alpha value is -2.96. The maximum absolute atomic E-state index is 9.90. The molecule has 0 saturated carbocycles. The lowest BCUT2D eigenvalue weighted by atomic mass is 9.63. The fourth-order valence-electron chi connectivity index (χ4n) is 6.55. The summed E-state index contributed by atoms with van der Waals surface area (Å²) in [5.41, 5.74) is 10.2. The zero-order valence-electron chi connectivity index (χ0n) is 20.2. The van der Waals surface area contributed by atoms with Crippen molar-refractivity contribution in [1.82, 2.24) is 20.0 Å². The molecule has 0 aromatic carbocycles. The number of rotatable bonds is 4. The number of fused-ring (bicyclic) bond motifs is 4. The monoisotopic (exact) mass is 490 g/mol. The highest BCUT2D eigenvalue weighted by molar-refractivity contribution is 7.16. The summed E-state index contributed by atoms with van der Waals surface area (Å²) in [5, 5.41) is 15.0. The van der Waals surface area contributed by atoms with Gasteiger partial charge in [0.2, 0.25) is 0 Å². The topological polar surface area (TPSA) is 114 Å². The van der Waals surface area contributed by atoms with E-state index in [2.05, 4.69) is 35.1 Å². The van der Waals surface area contributed by atoms with Gasteiger partial charge in [-0.15, -0.1) is 11.3 Å². The van der Waals surface area contributed by atoms with E-state index >= 15 is 0 Å². The van der Waals surface area contributed by atoms with E-state index in [0.29, 0.717) is 28.3 Å². The van der Waals surface area contributed by atoms with E-state index in [9.17, 15) is 5.26 Å². The van der Waals surface area contributed by atoms with Crippen molar-refractivity contribution in [2.75, 3.05) is 19.3 Å². The number of nitrogen functional groups attached to an aromatic ring is 1. The predicted octanol–water partition coefficient (Wildman–Crippen LogP) is 4.47. The molecule has 1 aliphatic heterocycles. The molecule has 3 atom stereocenters. The van der Waals surface area contributed by atoms with Gasteiger partial charge in [0.25, 0.3) is 0 Å². The molecule has 3 aliphatic rings. The molecule has 0 bridgehead atoms. The first-order valence-corrected chi connectivity index (χ1v) is 13.3. The average Bonchev–Trinajstić information content (AvgIpc) is 3.56. The van der Waals surface area contributed by atoms with Crippen molar-refractivity contribution in [2.24, 2.45) is 0 Å². The van der Waals surface area contributed by atoms with E-state index in [-0.39, 0.29) is 11.5 Å². The van der Waals surface area contributed by atoms with Crippen LogP contribution in [0.1, 0.15) is 72.8 Å². The molecule has 35 heavy (non-hydrogen) atoms. The number of thiophene rings is 1. The van der Waals surface area contributed by atoms with Crippen molar-refractivity contribution in [2.45, 2.75) is 75.9 Å². The van der Waals surface area contributed by atoms with Gasteiger partial charge >= 0.3 is 6.01 Å². The summed E-state index contributed by atoms with van der Waals surface area (Å²) in [6.45, 7) is 3.18.